The van der Waals surface area contributed by atoms with Crippen molar-refractivity contribution in [2.75, 3.05) is 18.4 Å². The number of nitrogens with one attached hydrogen (secondary N) is 1. The Kier molecular flexibility index (Phi) is 6.14. The van der Waals surface area contributed by atoms with Gasteiger partial charge in [0.05, 0.1) is 9.92 Å². The highest BCUT2D eigenvalue weighted by molar-refractivity contribution is 7.89. The lowest BCUT2D eigenvalue weighted by atomic mass is 10.2. The summed E-state index contributed by atoms with van der Waals surface area (Å²) in [5.74, 6) is -0.390. The predicted molar refractivity (Wildman–Crippen MR) is 117 cm³/mol. The van der Waals surface area contributed by atoms with Gasteiger partial charge >= 0.3 is 0 Å². The minimum atomic E-state index is -3.53. The normalized spacial score (nSPS) is 15.1. The number of anilines is 1. The number of piperidine rings is 1. The Balaban J connectivity index is 1.46. The van der Waals surface area contributed by atoms with Crippen molar-refractivity contribution >= 4 is 44.0 Å². The summed E-state index contributed by atoms with van der Waals surface area (Å²) < 4.78 is 26.9. The molecule has 0 atom stereocenters. The number of hydrogen-bond acceptors (Lipinski definition) is 6. The fourth-order valence-corrected chi connectivity index (χ4v) is 5.80. The molecule has 1 aliphatic rings. The van der Waals surface area contributed by atoms with E-state index in [1.54, 1.807) is 6.07 Å². The molecular formula is C20H19ClN4O3S2. The molecule has 0 bridgehead atoms. The van der Waals surface area contributed by atoms with Gasteiger partial charge in [0.25, 0.3) is 5.91 Å². The summed E-state index contributed by atoms with van der Waals surface area (Å²) in [5.41, 5.74) is 1.08. The van der Waals surface area contributed by atoms with Crippen LogP contribution in [0, 0.1) is 0 Å². The molecule has 2 heterocycles. The van der Waals surface area contributed by atoms with E-state index in [2.05, 4.69) is 15.5 Å². The fraction of sp³-hybridized carbons (Fsp3) is 0.250. The standard InChI is InChI=1S/C20H19ClN4O3S2/c21-17-7-3-2-6-16(17)19-23-24-20(29-19)22-18(26)14-8-10-15(11-9-14)30(27,28)25-12-4-1-5-13-25/h2-3,6-11H,1,4-5,12-13H2,(H,22,24,26). The Hall–Kier alpha value is -2.33. The van der Waals surface area contributed by atoms with Crippen LogP contribution in [0.5, 0.6) is 0 Å². The van der Waals surface area contributed by atoms with Crippen molar-refractivity contribution in [1.29, 1.82) is 0 Å². The second-order valence-corrected chi connectivity index (χ2v) is 10.2. The van der Waals surface area contributed by atoms with Gasteiger partial charge in [-0.3, -0.25) is 10.1 Å². The highest BCUT2D eigenvalue weighted by Crippen LogP contribution is 2.31. The fourth-order valence-electron chi connectivity index (χ4n) is 3.22. The lowest BCUT2D eigenvalue weighted by Crippen LogP contribution is -2.35. The van der Waals surface area contributed by atoms with E-state index in [0.29, 0.717) is 33.8 Å². The number of benzene rings is 2. The second-order valence-electron chi connectivity index (χ2n) is 6.84. The summed E-state index contributed by atoms with van der Waals surface area (Å²) in [6, 6.07) is 13.2. The number of aromatic nitrogens is 2. The van der Waals surface area contributed by atoms with Gasteiger partial charge in [0, 0.05) is 24.2 Å². The maximum absolute atomic E-state index is 12.7. The molecule has 156 valence electrons. The Morgan fingerprint density at radius 1 is 1.00 bits per heavy atom. The molecular weight excluding hydrogens is 444 g/mol. The largest absolute Gasteiger partial charge is 0.296 e. The van der Waals surface area contributed by atoms with E-state index in [0.717, 1.165) is 24.8 Å². The molecule has 0 spiro atoms. The molecule has 1 fully saturated rings. The molecule has 1 amide bonds. The van der Waals surface area contributed by atoms with Gasteiger partial charge in [-0.25, -0.2) is 8.42 Å². The Bertz CT molecular complexity index is 1160. The van der Waals surface area contributed by atoms with E-state index in [-0.39, 0.29) is 4.90 Å². The first-order chi connectivity index (χ1) is 14.4. The number of rotatable bonds is 5. The van der Waals surface area contributed by atoms with Gasteiger partial charge in [-0.1, -0.05) is 47.6 Å². The van der Waals surface area contributed by atoms with Gasteiger partial charge in [-0.15, -0.1) is 10.2 Å². The van der Waals surface area contributed by atoms with E-state index in [9.17, 15) is 13.2 Å². The number of nitrogens with zero attached hydrogens (tertiary/aromatic N) is 3. The van der Waals surface area contributed by atoms with Gasteiger partial charge in [0.15, 0.2) is 5.01 Å². The van der Waals surface area contributed by atoms with E-state index in [4.69, 9.17) is 11.6 Å². The van der Waals surface area contributed by atoms with Crippen LogP contribution in [-0.2, 0) is 10.0 Å². The van der Waals surface area contributed by atoms with Gasteiger partial charge in [0.2, 0.25) is 15.2 Å². The Labute approximate surface area is 183 Å². The summed E-state index contributed by atoms with van der Waals surface area (Å²) in [5, 5.41) is 12.2. The van der Waals surface area contributed by atoms with Crippen molar-refractivity contribution < 1.29 is 13.2 Å². The molecule has 0 aliphatic carbocycles. The van der Waals surface area contributed by atoms with Crippen molar-refractivity contribution in [1.82, 2.24) is 14.5 Å². The average Bonchev–Trinajstić information content (AvgIpc) is 3.23. The smallest absolute Gasteiger partial charge is 0.257 e. The molecule has 0 unspecified atom stereocenters. The van der Waals surface area contributed by atoms with E-state index in [1.165, 1.54) is 39.9 Å². The molecule has 7 nitrogen and oxygen atoms in total. The Morgan fingerprint density at radius 3 is 2.40 bits per heavy atom. The zero-order valence-electron chi connectivity index (χ0n) is 15.9. The molecule has 10 heteroatoms. The first kappa shape index (κ1) is 20.9. The van der Waals surface area contributed by atoms with Crippen molar-refractivity contribution in [3.05, 3.63) is 59.1 Å². The first-order valence-electron chi connectivity index (χ1n) is 9.45. The molecule has 1 N–H and O–H groups in total. The van der Waals surface area contributed by atoms with E-state index >= 15 is 0 Å². The van der Waals surface area contributed by atoms with Crippen LogP contribution >= 0.6 is 22.9 Å². The first-order valence-corrected chi connectivity index (χ1v) is 12.1. The van der Waals surface area contributed by atoms with Crippen LogP contribution in [-0.4, -0.2) is 41.9 Å². The van der Waals surface area contributed by atoms with Gasteiger partial charge in [-0.05, 0) is 43.2 Å². The van der Waals surface area contributed by atoms with Crippen LogP contribution in [0.25, 0.3) is 10.6 Å². The zero-order valence-corrected chi connectivity index (χ0v) is 18.3. The van der Waals surface area contributed by atoms with Crippen molar-refractivity contribution in [2.24, 2.45) is 0 Å². The number of carbonyl (C=O) groups excluding carboxylic acids is 1. The summed E-state index contributed by atoms with van der Waals surface area (Å²) in [7, 11) is -3.53. The third kappa shape index (κ3) is 4.39. The Morgan fingerprint density at radius 2 is 1.70 bits per heavy atom. The van der Waals surface area contributed by atoms with E-state index in [1.807, 2.05) is 18.2 Å². The van der Waals surface area contributed by atoms with E-state index < -0.39 is 15.9 Å². The van der Waals surface area contributed by atoms with Crippen molar-refractivity contribution in [3.63, 3.8) is 0 Å². The highest BCUT2D eigenvalue weighted by Gasteiger charge is 2.26. The molecule has 2 aromatic carbocycles. The molecule has 4 rings (SSSR count). The van der Waals surface area contributed by atoms with Crippen LogP contribution in [0.1, 0.15) is 29.6 Å². The van der Waals surface area contributed by atoms with Crippen LogP contribution in [0.3, 0.4) is 0 Å². The number of halogens is 1. The monoisotopic (exact) mass is 462 g/mol. The second kappa shape index (κ2) is 8.81. The SMILES string of the molecule is O=C(Nc1nnc(-c2ccccc2Cl)s1)c1ccc(S(=O)(=O)N2CCCCC2)cc1. The van der Waals surface area contributed by atoms with Gasteiger partial charge in [-0.2, -0.15) is 4.31 Å². The number of carbonyl (C=O) groups is 1. The van der Waals surface area contributed by atoms with Crippen LogP contribution in [0.15, 0.2) is 53.4 Å². The zero-order chi connectivity index (χ0) is 21.1. The third-order valence-corrected chi connectivity index (χ3v) is 7.93. The summed E-state index contributed by atoms with van der Waals surface area (Å²) >= 11 is 7.38. The highest BCUT2D eigenvalue weighted by atomic mass is 35.5. The molecule has 30 heavy (non-hydrogen) atoms. The molecule has 0 radical (unpaired) electrons. The summed E-state index contributed by atoms with van der Waals surface area (Å²) in [4.78, 5) is 12.7. The van der Waals surface area contributed by atoms with Crippen molar-refractivity contribution in [2.45, 2.75) is 24.2 Å². The average molecular weight is 463 g/mol. The maximum Gasteiger partial charge on any atom is 0.257 e. The lowest BCUT2D eigenvalue weighted by Gasteiger charge is -2.25. The summed E-state index contributed by atoms with van der Waals surface area (Å²) in [6.07, 6.45) is 2.80. The maximum atomic E-state index is 12.7. The predicted octanol–water partition coefficient (Wildman–Crippen LogP) is 4.29. The summed E-state index contributed by atoms with van der Waals surface area (Å²) in [6.45, 7) is 1.07. The van der Waals surface area contributed by atoms with Gasteiger partial charge < -0.3 is 0 Å². The van der Waals surface area contributed by atoms with Crippen molar-refractivity contribution in [3.8, 4) is 10.6 Å². The lowest BCUT2D eigenvalue weighted by molar-refractivity contribution is 0.102. The van der Waals surface area contributed by atoms with Crippen LogP contribution in [0.4, 0.5) is 5.13 Å². The molecule has 3 aromatic rings. The molecule has 1 aromatic heterocycles. The van der Waals surface area contributed by atoms with Crippen LogP contribution < -0.4 is 5.32 Å². The van der Waals surface area contributed by atoms with Crippen LogP contribution in [0.2, 0.25) is 5.02 Å². The molecule has 1 saturated heterocycles. The number of sulfonamides is 1. The minimum absolute atomic E-state index is 0.192. The number of hydrogen-bond donors (Lipinski definition) is 1. The topological polar surface area (TPSA) is 92.3 Å². The molecule has 1 aliphatic heterocycles. The quantitative estimate of drug-likeness (QED) is 0.610. The van der Waals surface area contributed by atoms with Gasteiger partial charge in [0.1, 0.15) is 0 Å². The minimum Gasteiger partial charge on any atom is -0.296 e. The third-order valence-electron chi connectivity index (χ3n) is 4.82. The number of amides is 1. The molecule has 0 saturated carbocycles.